The molecule has 3 aromatic carbocycles. The molecule has 6 heterocycles. The van der Waals surface area contributed by atoms with Crippen LogP contribution in [0.3, 0.4) is 0 Å². The van der Waals surface area contributed by atoms with Crippen LogP contribution in [0.25, 0.3) is 4.85 Å². The molecule has 1 spiro atoms. The van der Waals surface area contributed by atoms with Crippen molar-refractivity contribution in [2.24, 2.45) is 5.41 Å². The predicted octanol–water partition coefficient (Wildman–Crippen LogP) is 6.16. The first kappa shape index (κ1) is 38.8. The fraction of sp³-hybridized carbons (Fsp3) is 0.455. The Labute approximate surface area is 339 Å². The van der Waals surface area contributed by atoms with Gasteiger partial charge in [0.15, 0.2) is 5.69 Å². The number of amides is 5. The number of halogens is 3. The van der Waals surface area contributed by atoms with Crippen LogP contribution in [0.4, 0.5) is 30.2 Å². The Hall–Kier alpha value is -5.75. The maximum Gasteiger partial charge on any atom is 0.407 e. The van der Waals surface area contributed by atoms with Gasteiger partial charge in [0.05, 0.1) is 23.3 Å². The van der Waals surface area contributed by atoms with Gasteiger partial charge < -0.3 is 14.7 Å². The molecule has 0 radical (unpaired) electrons. The Bertz CT molecular complexity index is 2260. The Kier molecular flexibility index (Phi) is 9.53. The maximum absolute atomic E-state index is 13.7. The zero-order valence-corrected chi connectivity index (χ0v) is 32.7. The highest BCUT2D eigenvalue weighted by Crippen LogP contribution is 2.47. The summed E-state index contributed by atoms with van der Waals surface area (Å²) in [6, 6.07) is 14.7. The number of nitrogens with one attached hydrogen (secondary N) is 1. The number of likely N-dealkylation sites (tertiary alicyclic amines) is 1. The van der Waals surface area contributed by atoms with Gasteiger partial charge in [-0.2, -0.15) is 13.2 Å². The largest absolute Gasteiger partial charge is 0.407 e. The van der Waals surface area contributed by atoms with Crippen LogP contribution in [-0.2, 0) is 28.9 Å². The van der Waals surface area contributed by atoms with E-state index in [4.69, 9.17) is 6.57 Å². The molecule has 15 heteroatoms. The van der Waals surface area contributed by atoms with Crippen LogP contribution < -0.4 is 15.1 Å². The van der Waals surface area contributed by atoms with Crippen LogP contribution in [0.1, 0.15) is 99.6 Å². The molecule has 5 amide bonds. The first-order chi connectivity index (χ1) is 28.2. The second-order valence-corrected chi connectivity index (χ2v) is 17.1. The van der Waals surface area contributed by atoms with Crippen molar-refractivity contribution in [2.75, 3.05) is 42.5 Å². The minimum absolute atomic E-state index is 0.00779. The Morgan fingerprint density at radius 2 is 1.47 bits per heavy atom. The monoisotopic (exact) mass is 807 g/mol. The van der Waals surface area contributed by atoms with Crippen LogP contribution in [-0.4, -0.2) is 95.1 Å². The van der Waals surface area contributed by atoms with Crippen LogP contribution >= 0.6 is 0 Å². The third-order valence-corrected chi connectivity index (χ3v) is 13.6. The van der Waals surface area contributed by atoms with Gasteiger partial charge in [-0.15, -0.1) is 0 Å². The Morgan fingerprint density at radius 1 is 0.847 bits per heavy atom. The number of benzene rings is 3. The highest BCUT2D eigenvalue weighted by atomic mass is 19.4. The first-order valence-electron chi connectivity index (χ1n) is 20.3. The summed E-state index contributed by atoms with van der Waals surface area (Å²) in [6.07, 6.45) is -0.127. The van der Waals surface area contributed by atoms with E-state index in [0.717, 1.165) is 73.0 Å². The number of fused-ring (bicyclic) bond motifs is 2. The lowest BCUT2D eigenvalue weighted by molar-refractivity contribution is -0.137. The number of carbonyl (C=O) groups excluding carboxylic acids is 5. The van der Waals surface area contributed by atoms with Gasteiger partial charge in [0, 0.05) is 81.3 Å². The number of hydrogen-bond acceptors (Lipinski definition) is 8. The van der Waals surface area contributed by atoms with Crippen molar-refractivity contribution >= 4 is 46.6 Å². The Balaban J connectivity index is 0.768. The van der Waals surface area contributed by atoms with Crippen molar-refractivity contribution in [3.8, 4) is 0 Å². The highest BCUT2D eigenvalue weighted by Gasteiger charge is 2.47. The summed E-state index contributed by atoms with van der Waals surface area (Å²) in [4.78, 5) is 77.1. The molecule has 59 heavy (non-hydrogen) atoms. The van der Waals surface area contributed by atoms with E-state index in [1.807, 2.05) is 29.2 Å². The number of hydrogen-bond donors (Lipinski definition) is 1. The van der Waals surface area contributed by atoms with Crippen molar-refractivity contribution in [3.63, 3.8) is 0 Å². The van der Waals surface area contributed by atoms with Gasteiger partial charge in [-0.1, -0.05) is 6.07 Å². The lowest BCUT2D eigenvalue weighted by Crippen LogP contribution is -2.54. The summed E-state index contributed by atoms with van der Waals surface area (Å²) in [5.41, 5.74) is 3.43. The van der Waals surface area contributed by atoms with Gasteiger partial charge in [0.2, 0.25) is 11.8 Å². The maximum atomic E-state index is 13.7. The van der Waals surface area contributed by atoms with E-state index in [9.17, 15) is 37.1 Å². The molecule has 1 N–H and O–H groups in total. The average Bonchev–Trinajstić information content (AvgIpc) is 3.87. The van der Waals surface area contributed by atoms with Crippen molar-refractivity contribution in [1.82, 2.24) is 20.0 Å². The summed E-state index contributed by atoms with van der Waals surface area (Å²) < 4.78 is 41.1. The summed E-state index contributed by atoms with van der Waals surface area (Å²) in [6.45, 7) is 14.0. The number of imide groups is 2. The summed E-state index contributed by atoms with van der Waals surface area (Å²) in [5, 5.41) is 2.23. The van der Waals surface area contributed by atoms with E-state index in [0.29, 0.717) is 55.1 Å². The minimum atomic E-state index is -4.59. The van der Waals surface area contributed by atoms with Crippen molar-refractivity contribution in [3.05, 3.63) is 99.4 Å². The van der Waals surface area contributed by atoms with Gasteiger partial charge in [-0.25, -0.2) is 4.85 Å². The molecule has 1 unspecified atom stereocenters. The van der Waals surface area contributed by atoms with Crippen LogP contribution in [0, 0.1) is 12.0 Å². The normalized spacial score (nSPS) is 23.5. The first-order valence-corrected chi connectivity index (χ1v) is 20.3. The number of alkyl halides is 3. The van der Waals surface area contributed by atoms with Gasteiger partial charge in [0.1, 0.15) is 6.04 Å². The van der Waals surface area contributed by atoms with Gasteiger partial charge >= 0.3 is 6.18 Å². The van der Waals surface area contributed by atoms with Crippen LogP contribution in [0.5, 0.6) is 0 Å². The number of nitrogens with zero attached hydrogens (tertiary/aromatic N) is 6. The summed E-state index contributed by atoms with van der Waals surface area (Å²) in [7, 11) is 0. The van der Waals surface area contributed by atoms with E-state index in [1.165, 1.54) is 6.07 Å². The van der Waals surface area contributed by atoms with Crippen molar-refractivity contribution in [2.45, 2.75) is 89.3 Å². The van der Waals surface area contributed by atoms with Crippen molar-refractivity contribution < 1.29 is 37.1 Å². The number of piperidine rings is 3. The fourth-order valence-electron chi connectivity index (χ4n) is 10.4. The molecule has 4 fully saturated rings. The van der Waals surface area contributed by atoms with Crippen LogP contribution in [0.2, 0.25) is 0 Å². The zero-order chi connectivity index (χ0) is 41.4. The fourth-order valence-corrected chi connectivity index (χ4v) is 10.4. The smallest absolute Gasteiger partial charge is 0.371 e. The van der Waals surface area contributed by atoms with E-state index < -0.39 is 41.4 Å². The average molecular weight is 808 g/mol. The molecule has 306 valence electrons. The zero-order valence-electron chi connectivity index (χ0n) is 32.7. The molecule has 6 aliphatic rings. The number of rotatable bonds is 5. The molecule has 6 aliphatic heterocycles. The van der Waals surface area contributed by atoms with E-state index in [1.54, 1.807) is 18.2 Å². The standard InChI is InChI=1S/C44H44F3N7O5/c1-26-22-43(25-53(26)32-7-8-36(48-2)35(21-32)44(45,46)47)13-17-50(18-14-43)30-5-3-27(4-6-30)40(57)51-15-11-31(12-16-51)52-23-28-19-33-34(20-29(28)24-52)42(59)54(41(33)58)37-9-10-38(55)49-39(37)56/h3-8,19-21,26,31,37H,9-18,22-25H2,1H3,(H,49,55,56)/t26-,37?/m0/s1. The Morgan fingerprint density at radius 3 is 2.07 bits per heavy atom. The van der Waals surface area contributed by atoms with Crippen molar-refractivity contribution in [1.29, 1.82) is 0 Å². The highest BCUT2D eigenvalue weighted by molar-refractivity contribution is 6.23. The minimum Gasteiger partial charge on any atom is -0.371 e. The van der Waals surface area contributed by atoms with E-state index >= 15 is 0 Å². The predicted molar refractivity (Wildman–Crippen MR) is 211 cm³/mol. The number of carbonyl (C=O) groups is 5. The van der Waals surface area contributed by atoms with Crippen LogP contribution in [0.15, 0.2) is 54.6 Å². The SMILES string of the molecule is [C-]#[N+]c1ccc(N2CC3(CCN(c4ccc(C(=O)N5CCC(N6Cc7cc8c(cc7C6)C(=O)N(C6CCC(=O)NC6=O)C8=O)CC5)cc4)CC3)C[C@@H]2C)cc1C(F)(F)F. The molecule has 0 aliphatic carbocycles. The molecule has 0 bridgehead atoms. The molecule has 0 saturated carbocycles. The number of anilines is 2. The lowest BCUT2D eigenvalue weighted by atomic mass is 9.76. The molecule has 4 saturated heterocycles. The van der Waals surface area contributed by atoms with Gasteiger partial charge in [-0.05, 0) is 111 Å². The molecule has 2 atom stereocenters. The third kappa shape index (κ3) is 6.90. The molecular formula is C44H44F3N7O5. The summed E-state index contributed by atoms with van der Waals surface area (Å²) in [5.74, 6) is -2.06. The summed E-state index contributed by atoms with van der Waals surface area (Å²) >= 11 is 0. The van der Waals surface area contributed by atoms with E-state index in [2.05, 4.69) is 31.8 Å². The molecule has 3 aromatic rings. The second-order valence-electron chi connectivity index (χ2n) is 17.1. The lowest BCUT2D eigenvalue weighted by Gasteiger charge is -2.40. The molecule has 0 aromatic heterocycles. The van der Waals surface area contributed by atoms with E-state index in [-0.39, 0.29) is 41.9 Å². The third-order valence-electron chi connectivity index (χ3n) is 13.6. The topological polar surface area (TPSA) is 118 Å². The quantitative estimate of drug-likeness (QED) is 0.241. The molecule has 9 rings (SSSR count). The second kappa shape index (κ2) is 14.5. The molecule has 12 nitrogen and oxygen atoms in total. The van der Waals surface area contributed by atoms with Gasteiger partial charge in [-0.3, -0.25) is 39.1 Å². The molecular weight excluding hydrogens is 764 g/mol. The van der Waals surface area contributed by atoms with Gasteiger partial charge in [0.25, 0.3) is 17.7 Å².